The van der Waals surface area contributed by atoms with Gasteiger partial charge in [-0.25, -0.2) is 13.4 Å². The predicted octanol–water partition coefficient (Wildman–Crippen LogP) is 0.654. The van der Waals surface area contributed by atoms with Crippen LogP contribution in [-0.2, 0) is 22.8 Å². The summed E-state index contributed by atoms with van der Waals surface area (Å²) in [6, 6.07) is 0.0415. The van der Waals surface area contributed by atoms with Gasteiger partial charge in [0.15, 0.2) is 9.84 Å². The molecule has 2 atom stereocenters. The molecule has 1 fully saturated rings. The molecule has 2 N–H and O–H groups in total. The minimum absolute atomic E-state index is 0.0415. The lowest BCUT2D eigenvalue weighted by molar-refractivity contribution is 0.451. The molecule has 0 bridgehead atoms. The fourth-order valence-corrected chi connectivity index (χ4v) is 4.86. The summed E-state index contributed by atoms with van der Waals surface area (Å²) in [5, 5.41) is 0. The first-order chi connectivity index (χ1) is 8.53. The molecule has 1 saturated heterocycles. The lowest BCUT2D eigenvalue weighted by atomic mass is 10.0. The molecule has 1 aromatic rings. The van der Waals surface area contributed by atoms with Gasteiger partial charge in [0.25, 0.3) is 0 Å². The fourth-order valence-electron chi connectivity index (χ4n) is 3.00. The maximum atomic E-state index is 11.4. The molecule has 0 saturated carbocycles. The number of rotatable bonds is 2. The normalized spacial score (nSPS) is 30.3. The average molecular weight is 269 g/mol. The van der Waals surface area contributed by atoms with E-state index in [2.05, 4.69) is 15.7 Å². The van der Waals surface area contributed by atoms with Crippen LogP contribution in [0.4, 0.5) is 0 Å². The van der Waals surface area contributed by atoms with Gasteiger partial charge < -0.3 is 10.3 Å². The summed E-state index contributed by atoms with van der Waals surface area (Å²) >= 11 is 0. The van der Waals surface area contributed by atoms with Gasteiger partial charge in [0.2, 0.25) is 0 Å². The number of sulfone groups is 1. The van der Waals surface area contributed by atoms with E-state index in [0.717, 1.165) is 43.7 Å². The lowest BCUT2D eigenvalue weighted by Gasteiger charge is -2.19. The van der Waals surface area contributed by atoms with Crippen LogP contribution in [0, 0.1) is 5.92 Å². The second-order valence-corrected chi connectivity index (χ2v) is 7.73. The molecule has 2 aliphatic rings. The number of hydrogen-bond acceptors (Lipinski definition) is 4. The maximum absolute atomic E-state index is 11.4. The van der Waals surface area contributed by atoms with E-state index < -0.39 is 9.84 Å². The van der Waals surface area contributed by atoms with Crippen LogP contribution in [0.3, 0.4) is 0 Å². The summed E-state index contributed by atoms with van der Waals surface area (Å²) in [6.45, 7) is 0.985. The lowest BCUT2D eigenvalue weighted by Crippen LogP contribution is -2.21. The van der Waals surface area contributed by atoms with E-state index in [4.69, 9.17) is 5.73 Å². The number of aryl methyl sites for hydroxylation is 1. The van der Waals surface area contributed by atoms with Gasteiger partial charge in [-0.1, -0.05) is 0 Å². The van der Waals surface area contributed by atoms with E-state index in [-0.39, 0.29) is 12.0 Å². The zero-order valence-electron chi connectivity index (χ0n) is 10.4. The summed E-state index contributed by atoms with van der Waals surface area (Å²) in [4.78, 5) is 4.59. The summed E-state index contributed by atoms with van der Waals surface area (Å²) < 4.78 is 25.0. The highest BCUT2D eigenvalue weighted by molar-refractivity contribution is 7.91. The number of aromatic nitrogens is 2. The summed E-state index contributed by atoms with van der Waals surface area (Å²) in [7, 11) is -2.79. The van der Waals surface area contributed by atoms with Crippen molar-refractivity contribution < 1.29 is 8.42 Å². The van der Waals surface area contributed by atoms with Crippen LogP contribution in [0.25, 0.3) is 0 Å². The molecule has 2 unspecified atom stereocenters. The van der Waals surface area contributed by atoms with Crippen molar-refractivity contribution in [1.82, 2.24) is 9.55 Å². The van der Waals surface area contributed by atoms with Crippen molar-refractivity contribution in [2.75, 3.05) is 11.5 Å². The Labute approximate surface area is 107 Å². The van der Waals surface area contributed by atoms with E-state index in [1.165, 1.54) is 0 Å². The number of fused-ring (bicyclic) bond motifs is 1. The molecule has 0 aliphatic carbocycles. The molecule has 2 aliphatic heterocycles. The van der Waals surface area contributed by atoms with Gasteiger partial charge in [-0.15, -0.1) is 0 Å². The Bertz CT molecular complexity index is 550. The van der Waals surface area contributed by atoms with E-state index in [1.54, 1.807) is 0 Å². The molecule has 5 nitrogen and oxygen atoms in total. The molecule has 0 amide bonds. The van der Waals surface area contributed by atoms with Crippen LogP contribution in [0.5, 0.6) is 0 Å². The molecular weight excluding hydrogens is 250 g/mol. The largest absolute Gasteiger partial charge is 0.333 e. The van der Waals surface area contributed by atoms with Gasteiger partial charge in [0.05, 0.1) is 23.2 Å². The Morgan fingerprint density at radius 3 is 2.94 bits per heavy atom. The molecule has 6 heteroatoms. The van der Waals surface area contributed by atoms with Gasteiger partial charge >= 0.3 is 0 Å². The van der Waals surface area contributed by atoms with Crippen LogP contribution in [0.1, 0.15) is 36.8 Å². The first-order valence-electron chi connectivity index (χ1n) is 6.55. The van der Waals surface area contributed by atoms with Crippen molar-refractivity contribution in [3.63, 3.8) is 0 Å². The maximum Gasteiger partial charge on any atom is 0.150 e. The Morgan fingerprint density at radius 1 is 1.44 bits per heavy atom. The van der Waals surface area contributed by atoms with Crippen LogP contribution in [-0.4, -0.2) is 29.5 Å². The number of nitrogens with two attached hydrogens (primary N) is 1. The predicted molar refractivity (Wildman–Crippen MR) is 68.9 cm³/mol. The first kappa shape index (κ1) is 12.2. The molecule has 0 aromatic carbocycles. The van der Waals surface area contributed by atoms with Crippen molar-refractivity contribution >= 4 is 9.84 Å². The number of nitrogens with zero attached hydrogens (tertiary/aromatic N) is 2. The Hall–Kier alpha value is -0.880. The third kappa shape index (κ3) is 2.31. The van der Waals surface area contributed by atoms with E-state index in [1.807, 2.05) is 0 Å². The monoisotopic (exact) mass is 269 g/mol. The quantitative estimate of drug-likeness (QED) is 0.855. The van der Waals surface area contributed by atoms with Gasteiger partial charge in [0.1, 0.15) is 5.82 Å². The van der Waals surface area contributed by atoms with Crippen molar-refractivity contribution in [3.05, 3.63) is 17.7 Å². The van der Waals surface area contributed by atoms with Gasteiger partial charge in [-0.05, 0) is 31.6 Å². The molecule has 18 heavy (non-hydrogen) atoms. The molecule has 3 rings (SSSR count). The fraction of sp³-hybridized carbons (Fsp3) is 0.750. The minimum Gasteiger partial charge on any atom is -0.333 e. The third-order valence-electron chi connectivity index (χ3n) is 3.93. The second kappa shape index (κ2) is 4.35. The zero-order chi connectivity index (χ0) is 12.8. The molecule has 0 spiro atoms. The first-order valence-corrected chi connectivity index (χ1v) is 8.37. The SMILES string of the molecule is NC1CCCn2cc(CC3CCS(=O)(=O)C3)nc21. The van der Waals surface area contributed by atoms with Crippen LogP contribution in [0.15, 0.2) is 6.20 Å². The zero-order valence-corrected chi connectivity index (χ0v) is 11.2. The molecular formula is C12H19N3O2S. The van der Waals surface area contributed by atoms with Crippen molar-refractivity contribution in [2.45, 2.75) is 38.3 Å². The van der Waals surface area contributed by atoms with Crippen molar-refractivity contribution in [1.29, 1.82) is 0 Å². The van der Waals surface area contributed by atoms with Gasteiger partial charge in [-0.2, -0.15) is 0 Å². The van der Waals surface area contributed by atoms with Crippen LogP contribution < -0.4 is 5.73 Å². The van der Waals surface area contributed by atoms with E-state index >= 15 is 0 Å². The van der Waals surface area contributed by atoms with Gasteiger partial charge in [-0.3, -0.25) is 0 Å². The Kier molecular flexibility index (Phi) is 2.94. The highest BCUT2D eigenvalue weighted by Gasteiger charge is 2.29. The summed E-state index contributed by atoms with van der Waals surface area (Å²) in [6.07, 6.45) is 5.69. The Morgan fingerprint density at radius 2 is 2.28 bits per heavy atom. The third-order valence-corrected chi connectivity index (χ3v) is 5.76. The highest BCUT2D eigenvalue weighted by atomic mass is 32.2. The van der Waals surface area contributed by atoms with Crippen molar-refractivity contribution in [2.24, 2.45) is 11.7 Å². The van der Waals surface area contributed by atoms with Gasteiger partial charge in [0, 0.05) is 12.7 Å². The number of imidazole rings is 1. The summed E-state index contributed by atoms with van der Waals surface area (Å²) in [5.41, 5.74) is 7.04. The standard InChI is InChI=1S/C12H19N3O2S/c13-11-2-1-4-15-7-10(14-12(11)15)6-9-3-5-18(16,17)8-9/h7,9,11H,1-6,8,13H2. The Balaban J connectivity index is 1.74. The van der Waals surface area contributed by atoms with E-state index in [9.17, 15) is 8.42 Å². The second-order valence-electron chi connectivity index (χ2n) is 5.51. The topological polar surface area (TPSA) is 78.0 Å². The summed E-state index contributed by atoms with van der Waals surface area (Å²) in [5.74, 6) is 1.87. The van der Waals surface area contributed by atoms with Crippen LogP contribution in [0.2, 0.25) is 0 Å². The van der Waals surface area contributed by atoms with Crippen molar-refractivity contribution in [3.8, 4) is 0 Å². The molecule has 0 radical (unpaired) electrons. The smallest absolute Gasteiger partial charge is 0.150 e. The highest BCUT2D eigenvalue weighted by Crippen LogP contribution is 2.26. The molecule has 3 heterocycles. The van der Waals surface area contributed by atoms with E-state index in [0.29, 0.717) is 11.5 Å². The molecule has 1 aromatic heterocycles. The molecule has 100 valence electrons. The minimum atomic E-state index is -2.79. The number of hydrogen-bond donors (Lipinski definition) is 1. The van der Waals surface area contributed by atoms with Crippen LogP contribution >= 0.6 is 0 Å². The average Bonchev–Trinajstić information content (AvgIpc) is 2.83.